The lowest BCUT2D eigenvalue weighted by molar-refractivity contribution is 0.325. The third-order valence-corrected chi connectivity index (χ3v) is 2.59. The summed E-state index contributed by atoms with van der Waals surface area (Å²) in [6, 6.07) is 4.13. The first-order valence-corrected chi connectivity index (χ1v) is 5.97. The number of nitrogens with one attached hydrogen (secondary N) is 1. The van der Waals surface area contributed by atoms with Crippen molar-refractivity contribution in [1.29, 1.82) is 0 Å². The summed E-state index contributed by atoms with van der Waals surface area (Å²) >= 11 is 0. The average molecular weight is 241 g/mol. The Morgan fingerprint density at radius 3 is 2.12 bits per heavy atom. The molecule has 0 radical (unpaired) electrons. The highest BCUT2D eigenvalue weighted by Gasteiger charge is 2.19. The van der Waals surface area contributed by atoms with Gasteiger partial charge in [0.2, 0.25) is 0 Å². The quantitative estimate of drug-likeness (QED) is 0.831. The molecule has 0 saturated carbocycles. The third kappa shape index (κ3) is 5.26. The maximum absolute atomic E-state index is 13.1. The zero-order valence-electron chi connectivity index (χ0n) is 11.0. The molecule has 0 spiro atoms. The van der Waals surface area contributed by atoms with Crippen LogP contribution in [0, 0.1) is 17.0 Å². The van der Waals surface area contributed by atoms with E-state index in [1.165, 1.54) is 12.1 Å². The van der Waals surface area contributed by atoms with Gasteiger partial charge in [-0.1, -0.05) is 27.7 Å². The Morgan fingerprint density at radius 1 is 1.12 bits per heavy atom. The van der Waals surface area contributed by atoms with E-state index in [-0.39, 0.29) is 5.41 Å². The Kier molecular flexibility index (Phi) is 4.63. The summed E-state index contributed by atoms with van der Waals surface area (Å²) in [5.41, 5.74) is 0.683. The SMILES string of the molecule is CC(C)NCC(C)(C)Cc1cc(F)cc(F)c1. The number of hydrogen-bond donors (Lipinski definition) is 1. The van der Waals surface area contributed by atoms with Crippen LogP contribution in [0.25, 0.3) is 0 Å². The second-order valence-corrected chi connectivity index (χ2v) is 5.65. The van der Waals surface area contributed by atoms with Crippen molar-refractivity contribution in [2.45, 2.75) is 40.2 Å². The number of halogens is 2. The van der Waals surface area contributed by atoms with E-state index in [9.17, 15) is 8.78 Å². The smallest absolute Gasteiger partial charge is 0.126 e. The van der Waals surface area contributed by atoms with E-state index in [0.717, 1.165) is 12.6 Å². The molecule has 1 N–H and O–H groups in total. The Labute approximate surface area is 102 Å². The summed E-state index contributed by atoms with van der Waals surface area (Å²) in [6.45, 7) is 9.16. The Morgan fingerprint density at radius 2 is 1.65 bits per heavy atom. The Balaban J connectivity index is 2.68. The normalized spacial score (nSPS) is 12.2. The Bertz CT molecular complexity index is 352. The van der Waals surface area contributed by atoms with Gasteiger partial charge in [-0.05, 0) is 29.5 Å². The van der Waals surface area contributed by atoms with Gasteiger partial charge in [0, 0.05) is 18.7 Å². The van der Waals surface area contributed by atoms with E-state index in [1.54, 1.807) is 0 Å². The van der Waals surface area contributed by atoms with Crippen LogP contribution in [0.5, 0.6) is 0 Å². The molecular weight excluding hydrogens is 220 g/mol. The van der Waals surface area contributed by atoms with Crippen LogP contribution in [0.1, 0.15) is 33.3 Å². The van der Waals surface area contributed by atoms with Gasteiger partial charge in [0.15, 0.2) is 0 Å². The van der Waals surface area contributed by atoms with E-state index < -0.39 is 11.6 Å². The minimum Gasteiger partial charge on any atom is -0.314 e. The highest BCUT2D eigenvalue weighted by atomic mass is 19.1. The maximum Gasteiger partial charge on any atom is 0.126 e. The largest absolute Gasteiger partial charge is 0.314 e. The lowest BCUT2D eigenvalue weighted by Crippen LogP contribution is -2.35. The van der Waals surface area contributed by atoms with E-state index >= 15 is 0 Å². The summed E-state index contributed by atoms with van der Waals surface area (Å²) in [5, 5.41) is 3.35. The number of hydrogen-bond acceptors (Lipinski definition) is 1. The molecule has 0 aromatic heterocycles. The van der Waals surface area contributed by atoms with Crippen LogP contribution in [-0.2, 0) is 6.42 Å². The topological polar surface area (TPSA) is 12.0 Å². The summed E-state index contributed by atoms with van der Waals surface area (Å²) in [6.07, 6.45) is 0.654. The fourth-order valence-electron chi connectivity index (χ4n) is 1.81. The summed E-state index contributed by atoms with van der Waals surface area (Å²) in [4.78, 5) is 0. The van der Waals surface area contributed by atoms with Crippen molar-refractivity contribution in [3.8, 4) is 0 Å². The van der Waals surface area contributed by atoms with Crippen molar-refractivity contribution in [1.82, 2.24) is 5.32 Å². The molecule has 1 nitrogen and oxygen atoms in total. The van der Waals surface area contributed by atoms with Gasteiger partial charge in [-0.15, -0.1) is 0 Å². The molecule has 0 heterocycles. The minimum atomic E-state index is -0.507. The summed E-state index contributed by atoms with van der Waals surface area (Å²) in [5.74, 6) is -1.01. The zero-order chi connectivity index (χ0) is 13.1. The second-order valence-electron chi connectivity index (χ2n) is 5.65. The van der Waals surface area contributed by atoms with Crippen LogP contribution in [0.3, 0.4) is 0 Å². The van der Waals surface area contributed by atoms with Crippen LogP contribution in [0.15, 0.2) is 18.2 Å². The van der Waals surface area contributed by atoms with Gasteiger partial charge in [0.25, 0.3) is 0 Å². The molecule has 0 fully saturated rings. The first kappa shape index (κ1) is 14.1. The molecule has 1 aromatic carbocycles. The van der Waals surface area contributed by atoms with Gasteiger partial charge in [0.05, 0.1) is 0 Å². The van der Waals surface area contributed by atoms with E-state index in [2.05, 4.69) is 33.0 Å². The van der Waals surface area contributed by atoms with Crippen molar-refractivity contribution < 1.29 is 8.78 Å². The summed E-state index contributed by atoms with van der Waals surface area (Å²) < 4.78 is 26.1. The highest BCUT2D eigenvalue weighted by molar-refractivity contribution is 5.19. The predicted molar refractivity (Wildman–Crippen MR) is 67.0 cm³/mol. The zero-order valence-corrected chi connectivity index (χ0v) is 11.0. The highest BCUT2D eigenvalue weighted by Crippen LogP contribution is 2.22. The third-order valence-electron chi connectivity index (χ3n) is 2.59. The van der Waals surface area contributed by atoms with Crippen molar-refractivity contribution in [3.63, 3.8) is 0 Å². The van der Waals surface area contributed by atoms with Gasteiger partial charge >= 0.3 is 0 Å². The van der Waals surface area contributed by atoms with Gasteiger partial charge < -0.3 is 5.32 Å². The molecule has 0 bridgehead atoms. The number of benzene rings is 1. The van der Waals surface area contributed by atoms with E-state index in [0.29, 0.717) is 18.0 Å². The first-order chi connectivity index (χ1) is 7.78. The van der Waals surface area contributed by atoms with Gasteiger partial charge in [0.1, 0.15) is 11.6 Å². The fourth-order valence-corrected chi connectivity index (χ4v) is 1.81. The monoisotopic (exact) mass is 241 g/mol. The lowest BCUT2D eigenvalue weighted by Gasteiger charge is -2.26. The molecule has 0 aliphatic carbocycles. The van der Waals surface area contributed by atoms with Crippen LogP contribution >= 0.6 is 0 Å². The molecule has 0 saturated heterocycles. The molecule has 17 heavy (non-hydrogen) atoms. The average Bonchev–Trinajstić information content (AvgIpc) is 2.12. The minimum absolute atomic E-state index is 0.0233. The van der Waals surface area contributed by atoms with Crippen LogP contribution < -0.4 is 5.32 Å². The van der Waals surface area contributed by atoms with Crippen molar-refractivity contribution in [2.75, 3.05) is 6.54 Å². The fraction of sp³-hybridized carbons (Fsp3) is 0.571. The van der Waals surface area contributed by atoms with Crippen molar-refractivity contribution in [3.05, 3.63) is 35.4 Å². The molecule has 0 aliphatic heterocycles. The molecule has 0 unspecified atom stereocenters. The molecule has 0 aliphatic rings. The van der Waals surface area contributed by atoms with E-state index in [4.69, 9.17) is 0 Å². The number of rotatable bonds is 5. The second kappa shape index (κ2) is 5.58. The predicted octanol–water partition coefficient (Wildman–Crippen LogP) is 3.53. The van der Waals surface area contributed by atoms with Crippen molar-refractivity contribution in [2.24, 2.45) is 5.41 Å². The maximum atomic E-state index is 13.1. The molecule has 0 amide bonds. The lowest BCUT2D eigenvalue weighted by atomic mass is 9.85. The first-order valence-electron chi connectivity index (χ1n) is 5.97. The van der Waals surface area contributed by atoms with E-state index in [1.807, 2.05) is 0 Å². The van der Waals surface area contributed by atoms with Gasteiger partial charge in [-0.3, -0.25) is 0 Å². The standard InChI is InChI=1S/C14H21F2N/c1-10(2)17-9-14(3,4)8-11-5-12(15)7-13(16)6-11/h5-7,10,17H,8-9H2,1-4H3. The van der Waals surface area contributed by atoms with Crippen molar-refractivity contribution >= 4 is 0 Å². The Hall–Kier alpha value is -0.960. The summed E-state index contributed by atoms with van der Waals surface area (Å²) in [7, 11) is 0. The molecule has 3 heteroatoms. The van der Waals surface area contributed by atoms with Gasteiger partial charge in [-0.2, -0.15) is 0 Å². The molecule has 1 rings (SSSR count). The molecule has 1 aromatic rings. The van der Waals surface area contributed by atoms with Gasteiger partial charge in [-0.25, -0.2) is 8.78 Å². The van der Waals surface area contributed by atoms with Crippen LogP contribution in [-0.4, -0.2) is 12.6 Å². The molecule has 0 atom stereocenters. The molecule has 96 valence electrons. The van der Waals surface area contributed by atoms with Crippen LogP contribution in [0.2, 0.25) is 0 Å². The van der Waals surface area contributed by atoms with Crippen LogP contribution in [0.4, 0.5) is 8.78 Å². The molecular formula is C14H21F2N.